The Hall–Kier alpha value is -3.62. The van der Waals surface area contributed by atoms with Gasteiger partial charge in [0.05, 0.1) is 24.8 Å². The van der Waals surface area contributed by atoms with Crippen molar-refractivity contribution in [1.82, 2.24) is 15.0 Å². The van der Waals surface area contributed by atoms with E-state index in [1.54, 1.807) is 44.2 Å². The Kier molecular flexibility index (Phi) is 8.71. The van der Waals surface area contributed by atoms with Gasteiger partial charge in [-0.3, -0.25) is 9.52 Å². The molecule has 0 saturated heterocycles. The van der Waals surface area contributed by atoms with Crippen LogP contribution in [0.5, 0.6) is 5.75 Å². The van der Waals surface area contributed by atoms with Crippen LogP contribution in [0.2, 0.25) is 0 Å². The second kappa shape index (κ2) is 11.9. The molecule has 2 aromatic heterocycles. The fraction of sp³-hybridized carbons (Fsp3) is 0.423. The molecular formula is C26H33N5O7S2. The molecule has 1 aliphatic heterocycles. The Morgan fingerprint density at radius 3 is 2.70 bits per heavy atom. The van der Waals surface area contributed by atoms with Crippen molar-refractivity contribution in [3.63, 3.8) is 0 Å². The van der Waals surface area contributed by atoms with E-state index in [0.29, 0.717) is 17.1 Å². The summed E-state index contributed by atoms with van der Waals surface area (Å²) in [6.07, 6.45) is -0.533. The molecule has 0 unspecified atom stereocenters. The van der Waals surface area contributed by atoms with Gasteiger partial charge in [0.15, 0.2) is 5.76 Å². The van der Waals surface area contributed by atoms with Crippen molar-refractivity contribution < 1.29 is 32.4 Å². The number of carbonyl (C=O) groups is 2. The van der Waals surface area contributed by atoms with Gasteiger partial charge < -0.3 is 29.5 Å². The number of urea groups is 1. The smallest absolute Gasteiger partial charge is 0.321 e. The van der Waals surface area contributed by atoms with Gasteiger partial charge in [-0.25, -0.2) is 13.2 Å². The van der Waals surface area contributed by atoms with E-state index in [1.807, 2.05) is 6.92 Å². The van der Waals surface area contributed by atoms with E-state index in [-0.39, 0.29) is 52.9 Å². The van der Waals surface area contributed by atoms with Gasteiger partial charge in [-0.1, -0.05) is 18.1 Å². The topological polar surface area (TPSA) is 154 Å². The number of hydrogen-bond acceptors (Lipinski definition) is 9. The van der Waals surface area contributed by atoms with Crippen LogP contribution < -0.4 is 14.8 Å². The third-order valence-electron chi connectivity index (χ3n) is 6.74. The molecule has 1 aliphatic rings. The Bertz CT molecular complexity index is 1450. The Labute approximate surface area is 237 Å². The summed E-state index contributed by atoms with van der Waals surface area (Å²) >= 11 is 1.08. The summed E-state index contributed by atoms with van der Waals surface area (Å²) in [6.45, 7) is 7.23. The van der Waals surface area contributed by atoms with E-state index in [1.165, 1.54) is 29.2 Å². The molecule has 3 heterocycles. The van der Waals surface area contributed by atoms with Gasteiger partial charge in [-0.2, -0.15) is 0 Å². The highest BCUT2D eigenvalue weighted by atomic mass is 32.2. The first kappa shape index (κ1) is 29.4. The van der Waals surface area contributed by atoms with Crippen molar-refractivity contribution in [2.24, 2.45) is 5.92 Å². The quantitative estimate of drug-likeness (QED) is 0.359. The van der Waals surface area contributed by atoms with Crippen LogP contribution in [0.1, 0.15) is 35.7 Å². The minimum Gasteiger partial charge on any atom is -0.487 e. The molecule has 3 N–H and O–H groups in total. The number of benzene rings is 1. The Balaban J connectivity index is 1.62. The first-order chi connectivity index (χ1) is 18.9. The van der Waals surface area contributed by atoms with Crippen LogP contribution in [0.3, 0.4) is 0 Å². The average molecular weight is 592 g/mol. The molecule has 0 spiro atoms. The first-order valence-electron chi connectivity index (χ1n) is 12.6. The highest BCUT2D eigenvalue weighted by Gasteiger charge is 2.34. The van der Waals surface area contributed by atoms with Gasteiger partial charge in [0, 0.05) is 25.2 Å². The number of ether oxygens (including phenoxy) is 1. The number of fused-ring (bicyclic) bond motifs is 1. The van der Waals surface area contributed by atoms with E-state index in [0.717, 1.165) is 11.3 Å². The third-order valence-corrected chi connectivity index (χ3v) is 9.52. The zero-order valence-corrected chi connectivity index (χ0v) is 24.5. The Morgan fingerprint density at radius 1 is 1.32 bits per heavy atom. The number of aromatic nitrogens is 1. The van der Waals surface area contributed by atoms with Crippen LogP contribution in [-0.4, -0.2) is 79.3 Å². The molecule has 3 aromatic rings. The van der Waals surface area contributed by atoms with Crippen molar-refractivity contribution in [2.45, 2.75) is 44.0 Å². The van der Waals surface area contributed by atoms with Crippen LogP contribution in [0, 0.1) is 19.8 Å². The van der Waals surface area contributed by atoms with Gasteiger partial charge in [-0.05, 0) is 50.4 Å². The highest BCUT2D eigenvalue weighted by Crippen LogP contribution is 2.32. The lowest BCUT2D eigenvalue weighted by molar-refractivity contribution is 0.0371. The minimum absolute atomic E-state index is 0.143. The number of nitrogens with zero attached hydrogens (tertiary/aromatic N) is 3. The molecule has 0 saturated carbocycles. The van der Waals surface area contributed by atoms with Gasteiger partial charge in [0.25, 0.3) is 15.9 Å². The number of aryl methyl sites for hydroxylation is 2. The normalized spacial score (nSPS) is 18.2. The van der Waals surface area contributed by atoms with Crippen molar-refractivity contribution in [2.75, 3.05) is 36.8 Å². The van der Waals surface area contributed by atoms with Crippen molar-refractivity contribution in [3.05, 3.63) is 52.7 Å². The summed E-state index contributed by atoms with van der Waals surface area (Å²) in [5.41, 5.74) is 1.40. The fourth-order valence-corrected chi connectivity index (χ4v) is 6.38. The van der Waals surface area contributed by atoms with Crippen molar-refractivity contribution in [1.29, 1.82) is 0 Å². The van der Waals surface area contributed by atoms with Crippen LogP contribution >= 0.6 is 11.3 Å². The molecule has 216 valence electrons. The van der Waals surface area contributed by atoms with Gasteiger partial charge in [0.2, 0.25) is 0 Å². The number of hydrogen-bond donors (Lipinski definition) is 3. The third kappa shape index (κ3) is 6.24. The lowest BCUT2D eigenvalue weighted by Crippen LogP contribution is -2.50. The second-order valence-electron chi connectivity index (χ2n) is 9.88. The largest absolute Gasteiger partial charge is 0.487 e. The lowest BCUT2D eigenvalue weighted by atomic mass is 9.99. The molecule has 0 fully saturated rings. The summed E-state index contributed by atoms with van der Waals surface area (Å²) in [7, 11) is -2.21. The number of carbonyl (C=O) groups excluding carboxylic acids is 2. The predicted molar refractivity (Wildman–Crippen MR) is 150 cm³/mol. The number of aliphatic hydroxyl groups excluding tert-OH is 1. The number of nitrogens with one attached hydrogen (secondary N) is 2. The summed E-state index contributed by atoms with van der Waals surface area (Å²) in [4.78, 5) is 29.6. The van der Waals surface area contributed by atoms with E-state index < -0.39 is 28.1 Å². The lowest BCUT2D eigenvalue weighted by Gasteiger charge is -2.38. The monoisotopic (exact) mass is 591 g/mol. The summed E-state index contributed by atoms with van der Waals surface area (Å²) in [5, 5.41) is 18.2. The molecule has 0 aliphatic carbocycles. The average Bonchev–Trinajstić information content (AvgIpc) is 3.57. The predicted octanol–water partition coefficient (Wildman–Crippen LogP) is 3.54. The van der Waals surface area contributed by atoms with E-state index >= 15 is 0 Å². The van der Waals surface area contributed by atoms with Crippen LogP contribution in [0.4, 0.5) is 16.2 Å². The molecule has 3 amide bonds. The zero-order valence-electron chi connectivity index (χ0n) is 22.9. The second-order valence-corrected chi connectivity index (χ2v) is 12.7. The highest BCUT2D eigenvalue weighted by molar-refractivity contribution is 7.94. The maximum absolute atomic E-state index is 13.6. The molecule has 40 heavy (non-hydrogen) atoms. The maximum atomic E-state index is 13.6. The number of aliphatic hydroxyl groups is 1. The van der Waals surface area contributed by atoms with Gasteiger partial charge in [-0.15, -0.1) is 11.3 Å². The standard InChI is InChI=1S/C26H33N5O7S2/c1-15-12-31(16(2)14-32)25(33)20-11-19(29-40(35,36)23-7-6-10-39-23)8-9-21(20)37-22(15)13-30(5)26(34)27-24-17(3)28-38-18(24)4/h6-11,15-16,22,29,32H,12-14H2,1-5H3,(H,27,34)/t15-,16+,22-/m1/s1. The minimum atomic E-state index is -3.84. The van der Waals surface area contributed by atoms with E-state index in [4.69, 9.17) is 9.26 Å². The van der Waals surface area contributed by atoms with Crippen LogP contribution in [0.15, 0.2) is 44.4 Å². The summed E-state index contributed by atoms with van der Waals surface area (Å²) < 4.78 is 39.6. The van der Waals surface area contributed by atoms with Crippen molar-refractivity contribution >= 4 is 44.7 Å². The molecule has 0 radical (unpaired) electrons. The first-order valence-corrected chi connectivity index (χ1v) is 15.0. The molecular weight excluding hydrogens is 558 g/mol. The van der Waals surface area contributed by atoms with Gasteiger partial charge >= 0.3 is 6.03 Å². The van der Waals surface area contributed by atoms with E-state index in [9.17, 15) is 23.1 Å². The number of rotatable bonds is 8. The van der Waals surface area contributed by atoms with E-state index in [2.05, 4.69) is 15.2 Å². The summed E-state index contributed by atoms with van der Waals surface area (Å²) in [6, 6.07) is 6.73. The number of anilines is 2. The summed E-state index contributed by atoms with van der Waals surface area (Å²) in [5.74, 6) is 0.109. The number of likely N-dealkylation sites (N-methyl/N-ethyl adjacent to an activating group) is 1. The molecule has 4 rings (SSSR count). The van der Waals surface area contributed by atoms with Crippen molar-refractivity contribution in [3.8, 4) is 5.75 Å². The van der Waals surface area contributed by atoms with Gasteiger partial charge in [0.1, 0.15) is 27.4 Å². The molecule has 3 atom stereocenters. The zero-order chi connectivity index (χ0) is 29.2. The molecule has 14 heteroatoms. The van der Waals surface area contributed by atoms with Crippen LogP contribution in [0.25, 0.3) is 0 Å². The van der Waals surface area contributed by atoms with Crippen LogP contribution in [-0.2, 0) is 10.0 Å². The SMILES string of the molecule is Cc1noc(C)c1NC(=O)N(C)C[C@H]1Oc2ccc(NS(=O)(=O)c3cccs3)cc2C(=O)N([C@@H](C)CO)C[C@H]1C. The number of amides is 3. The molecule has 12 nitrogen and oxygen atoms in total. The number of sulfonamides is 1. The Morgan fingerprint density at radius 2 is 2.08 bits per heavy atom. The fourth-order valence-electron chi connectivity index (χ4n) is 4.34. The number of thiophene rings is 1. The molecule has 1 aromatic carbocycles. The molecule has 0 bridgehead atoms. The maximum Gasteiger partial charge on any atom is 0.321 e.